The third-order valence-corrected chi connectivity index (χ3v) is 1.22. The van der Waals surface area contributed by atoms with Crippen LogP contribution >= 0.6 is 0 Å². The largest absolute Gasteiger partial charge is 0.378 e. The molecule has 0 aliphatic carbocycles. The van der Waals surface area contributed by atoms with Gasteiger partial charge in [-0.25, -0.2) is 4.98 Å². The number of hydrogen-bond acceptors (Lipinski definition) is 5. The molecule has 1 aromatic heterocycles. The van der Waals surface area contributed by atoms with Crippen LogP contribution in [0.2, 0.25) is 0 Å². The minimum atomic E-state index is -0.677. The van der Waals surface area contributed by atoms with E-state index in [-0.39, 0.29) is 17.1 Å². The number of nitrogens with zero attached hydrogens (tertiary/aromatic N) is 3. The van der Waals surface area contributed by atoms with Crippen molar-refractivity contribution in [3.63, 3.8) is 0 Å². The molecule has 0 unspecified atom stereocenters. The molecule has 6 heteroatoms. The number of nitrogen functional groups attached to an aromatic ring is 1. The van der Waals surface area contributed by atoms with Crippen LogP contribution in [0.15, 0.2) is 12.3 Å². The van der Waals surface area contributed by atoms with Gasteiger partial charge >= 0.3 is 5.69 Å². The third kappa shape index (κ3) is 1.29. The van der Waals surface area contributed by atoms with Crippen LogP contribution in [0, 0.1) is 21.4 Å². The molecule has 6 nitrogen and oxygen atoms in total. The van der Waals surface area contributed by atoms with Gasteiger partial charge in [-0.15, -0.1) is 0 Å². The minimum Gasteiger partial charge on any atom is -0.378 e. The Morgan fingerprint density at radius 2 is 2.42 bits per heavy atom. The average Bonchev–Trinajstić information content (AvgIpc) is 2.05. The number of rotatable bonds is 1. The van der Waals surface area contributed by atoms with Crippen molar-refractivity contribution in [2.75, 3.05) is 5.73 Å². The molecular weight excluding hydrogens is 160 g/mol. The lowest BCUT2D eigenvalue weighted by atomic mass is 10.3. The maximum absolute atomic E-state index is 10.3. The molecule has 2 N–H and O–H groups in total. The van der Waals surface area contributed by atoms with Crippen molar-refractivity contribution in [1.29, 1.82) is 5.26 Å². The number of hydrogen-bond donors (Lipinski definition) is 1. The summed E-state index contributed by atoms with van der Waals surface area (Å²) in [7, 11) is 0. The molecule has 0 aromatic carbocycles. The predicted octanol–water partition coefficient (Wildman–Crippen LogP) is 0.444. The summed E-state index contributed by atoms with van der Waals surface area (Å²) < 4.78 is 0. The molecule has 0 radical (unpaired) electrons. The van der Waals surface area contributed by atoms with E-state index in [9.17, 15) is 10.1 Å². The van der Waals surface area contributed by atoms with Gasteiger partial charge in [-0.1, -0.05) is 0 Å². The van der Waals surface area contributed by atoms with Gasteiger partial charge in [0, 0.05) is 12.3 Å². The molecule has 60 valence electrons. The molecule has 0 bridgehead atoms. The summed E-state index contributed by atoms with van der Waals surface area (Å²) in [4.78, 5) is 13.1. The molecule has 0 spiro atoms. The van der Waals surface area contributed by atoms with Gasteiger partial charge in [0.1, 0.15) is 6.07 Å². The summed E-state index contributed by atoms with van der Waals surface area (Å²) in [6.07, 6.45) is 1.18. The van der Waals surface area contributed by atoms with E-state index in [0.29, 0.717) is 0 Å². The summed E-state index contributed by atoms with van der Waals surface area (Å²) in [5.41, 5.74) is 4.97. The van der Waals surface area contributed by atoms with Crippen LogP contribution < -0.4 is 5.73 Å². The normalized spacial score (nSPS) is 8.92. The summed E-state index contributed by atoms with van der Waals surface area (Å²) in [5, 5.41) is 18.6. The summed E-state index contributed by atoms with van der Waals surface area (Å²) in [6.45, 7) is 0. The van der Waals surface area contributed by atoms with E-state index in [1.165, 1.54) is 6.20 Å². The lowest BCUT2D eigenvalue weighted by molar-refractivity contribution is -0.384. The van der Waals surface area contributed by atoms with Crippen LogP contribution in [-0.2, 0) is 0 Å². The maximum atomic E-state index is 10.3. The van der Waals surface area contributed by atoms with Crippen LogP contribution in [-0.4, -0.2) is 9.91 Å². The Labute approximate surface area is 67.4 Å². The first-order chi connectivity index (χ1) is 5.65. The number of nitrogens with two attached hydrogens (primary N) is 1. The third-order valence-electron chi connectivity index (χ3n) is 1.22. The standard InChI is InChI=1S/C6H4N4O2/c7-2-4-1-5(10(11)12)6(8)9-3-4/h1,3H,(H2,8,9). The van der Waals surface area contributed by atoms with Crippen molar-refractivity contribution >= 4 is 11.5 Å². The highest BCUT2D eigenvalue weighted by Gasteiger charge is 2.12. The molecule has 0 amide bonds. The van der Waals surface area contributed by atoms with Crippen LogP contribution in [0.3, 0.4) is 0 Å². The second-order valence-corrected chi connectivity index (χ2v) is 2.00. The Balaban J connectivity index is 3.28. The summed E-state index contributed by atoms with van der Waals surface area (Å²) in [5.74, 6) is -0.181. The average molecular weight is 164 g/mol. The van der Waals surface area contributed by atoms with Gasteiger partial charge in [0.05, 0.1) is 10.5 Å². The van der Waals surface area contributed by atoms with Crippen LogP contribution in [0.25, 0.3) is 0 Å². The molecular formula is C6H4N4O2. The molecule has 0 fully saturated rings. The van der Waals surface area contributed by atoms with Crippen molar-refractivity contribution < 1.29 is 4.92 Å². The first kappa shape index (κ1) is 7.94. The van der Waals surface area contributed by atoms with Crippen LogP contribution in [0.5, 0.6) is 0 Å². The molecule has 12 heavy (non-hydrogen) atoms. The molecule has 0 aliphatic heterocycles. The van der Waals surface area contributed by atoms with Gasteiger partial charge in [0.2, 0.25) is 5.82 Å². The fraction of sp³-hybridized carbons (Fsp3) is 0. The number of pyridine rings is 1. The van der Waals surface area contributed by atoms with E-state index in [2.05, 4.69) is 4.98 Å². The van der Waals surface area contributed by atoms with Crippen LogP contribution in [0.4, 0.5) is 11.5 Å². The lowest BCUT2D eigenvalue weighted by Gasteiger charge is -1.94. The fourth-order valence-corrected chi connectivity index (χ4v) is 0.671. The summed E-state index contributed by atoms with van der Waals surface area (Å²) in [6, 6.07) is 2.81. The zero-order valence-electron chi connectivity index (χ0n) is 5.89. The van der Waals surface area contributed by atoms with Crippen molar-refractivity contribution in [2.24, 2.45) is 0 Å². The maximum Gasteiger partial charge on any atom is 0.312 e. The van der Waals surface area contributed by atoms with Crippen LogP contribution in [0.1, 0.15) is 5.56 Å². The van der Waals surface area contributed by atoms with Gasteiger partial charge in [0.25, 0.3) is 0 Å². The van der Waals surface area contributed by atoms with Crippen molar-refractivity contribution in [3.8, 4) is 6.07 Å². The quantitative estimate of drug-likeness (QED) is 0.478. The van der Waals surface area contributed by atoms with Gasteiger partial charge < -0.3 is 5.73 Å². The van der Waals surface area contributed by atoms with E-state index in [1.807, 2.05) is 0 Å². The van der Waals surface area contributed by atoms with E-state index in [1.54, 1.807) is 6.07 Å². The molecule has 1 rings (SSSR count). The van der Waals surface area contributed by atoms with Crippen molar-refractivity contribution in [3.05, 3.63) is 27.9 Å². The van der Waals surface area contributed by atoms with Crippen molar-refractivity contribution in [2.45, 2.75) is 0 Å². The Morgan fingerprint density at radius 3 is 2.92 bits per heavy atom. The van der Waals surface area contributed by atoms with E-state index < -0.39 is 4.92 Å². The Morgan fingerprint density at radius 1 is 1.75 bits per heavy atom. The number of anilines is 1. The molecule has 1 aromatic rings. The monoisotopic (exact) mass is 164 g/mol. The number of aromatic nitrogens is 1. The smallest absolute Gasteiger partial charge is 0.312 e. The van der Waals surface area contributed by atoms with Crippen molar-refractivity contribution in [1.82, 2.24) is 4.98 Å². The second kappa shape index (κ2) is 2.84. The first-order valence-corrected chi connectivity index (χ1v) is 2.95. The molecule has 0 saturated carbocycles. The highest BCUT2D eigenvalue weighted by Crippen LogP contribution is 2.18. The highest BCUT2D eigenvalue weighted by atomic mass is 16.6. The van der Waals surface area contributed by atoms with Gasteiger partial charge in [-0.05, 0) is 0 Å². The van der Waals surface area contributed by atoms with E-state index >= 15 is 0 Å². The molecule has 1 heterocycles. The lowest BCUT2D eigenvalue weighted by Crippen LogP contribution is -1.98. The first-order valence-electron chi connectivity index (χ1n) is 2.95. The zero-order valence-corrected chi connectivity index (χ0v) is 5.89. The molecule has 0 atom stereocenters. The Hall–Kier alpha value is -2.16. The van der Waals surface area contributed by atoms with E-state index in [4.69, 9.17) is 11.0 Å². The van der Waals surface area contributed by atoms with Gasteiger partial charge in [-0.2, -0.15) is 5.26 Å². The fourth-order valence-electron chi connectivity index (χ4n) is 0.671. The predicted molar refractivity (Wildman–Crippen MR) is 40.0 cm³/mol. The second-order valence-electron chi connectivity index (χ2n) is 2.00. The topological polar surface area (TPSA) is 106 Å². The van der Waals surface area contributed by atoms with Gasteiger partial charge in [0.15, 0.2) is 0 Å². The zero-order chi connectivity index (χ0) is 9.14. The van der Waals surface area contributed by atoms with Gasteiger partial charge in [-0.3, -0.25) is 10.1 Å². The Kier molecular flexibility index (Phi) is 1.88. The molecule has 0 saturated heterocycles. The SMILES string of the molecule is N#Cc1cnc(N)c([N+](=O)[O-])c1. The number of nitro groups is 1. The minimum absolute atomic E-state index is 0.121. The highest BCUT2D eigenvalue weighted by molar-refractivity contribution is 5.54. The Bertz CT molecular complexity index is 368. The van der Waals surface area contributed by atoms with E-state index in [0.717, 1.165) is 6.07 Å². The number of nitriles is 1. The molecule has 0 aliphatic rings. The summed E-state index contributed by atoms with van der Waals surface area (Å²) >= 11 is 0.